The van der Waals surface area contributed by atoms with E-state index in [0.717, 1.165) is 0 Å². The van der Waals surface area contributed by atoms with Crippen LogP contribution in [-0.4, -0.2) is 19.5 Å². The van der Waals surface area contributed by atoms with Crippen molar-refractivity contribution in [2.45, 2.75) is 10.9 Å². The predicted molar refractivity (Wildman–Crippen MR) is 78.6 cm³/mol. The molecule has 0 fully saturated rings. The molecule has 0 amide bonds. The number of sulfonamides is 1. The van der Waals surface area contributed by atoms with Crippen molar-refractivity contribution in [2.24, 2.45) is 0 Å². The fraction of sp³-hybridized carbons (Fsp3) is 0.0714. The largest absolute Gasteiger partial charge is 0.480 e. The van der Waals surface area contributed by atoms with Crippen LogP contribution in [0.15, 0.2) is 59.5 Å². The first-order valence-electron chi connectivity index (χ1n) is 5.96. The van der Waals surface area contributed by atoms with E-state index >= 15 is 0 Å². The molecule has 110 valence electrons. The van der Waals surface area contributed by atoms with E-state index in [0.29, 0.717) is 10.6 Å². The average Bonchev–Trinajstić information content (AvgIpc) is 2.47. The highest BCUT2D eigenvalue weighted by Crippen LogP contribution is 2.19. The summed E-state index contributed by atoms with van der Waals surface area (Å²) in [5.41, 5.74) is 0.298. The zero-order valence-electron chi connectivity index (χ0n) is 10.7. The second-order valence-electron chi connectivity index (χ2n) is 4.26. The van der Waals surface area contributed by atoms with Gasteiger partial charge in [-0.05, 0) is 29.8 Å². The van der Waals surface area contributed by atoms with Gasteiger partial charge in [-0.2, -0.15) is 4.72 Å². The maximum Gasteiger partial charge on any atom is 0.326 e. The molecule has 2 rings (SSSR count). The molecule has 0 heterocycles. The lowest BCUT2D eigenvalue weighted by molar-refractivity contribution is -0.139. The number of aliphatic carboxylic acids is 1. The second kappa shape index (κ2) is 6.26. The molecule has 0 aromatic heterocycles. The van der Waals surface area contributed by atoms with E-state index in [1.165, 1.54) is 36.4 Å². The van der Waals surface area contributed by atoms with Crippen LogP contribution in [0.25, 0.3) is 0 Å². The summed E-state index contributed by atoms with van der Waals surface area (Å²) in [5.74, 6) is -1.29. The van der Waals surface area contributed by atoms with E-state index < -0.39 is 22.0 Å². The summed E-state index contributed by atoms with van der Waals surface area (Å²) in [4.78, 5) is 11.3. The van der Waals surface area contributed by atoms with Gasteiger partial charge in [-0.25, -0.2) is 8.42 Å². The summed E-state index contributed by atoms with van der Waals surface area (Å²) in [5, 5.41) is 9.69. The molecule has 21 heavy (non-hydrogen) atoms. The van der Waals surface area contributed by atoms with Crippen molar-refractivity contribution in [3.05, 3.63) is 65.2 Å². The molecule has 2 N–H and O–H groups in total. The molecule has 0 spiro atoms. The molecular formula is C14H12ClNO4S. The number of hydrogen-bond donors (Lipinski definition) is 2. The lowest BCUT2D eigenvalue weighted by atomic mass is 10.1. The Hall–Kier alpha value is -1.89. The minimum Gasteiger partial charge on any atom is -0.480 e. The van der Waals surface area contributed by atoms with Gasteiger partial charge in [-0.3, -0.25) is 4.79 Å². The quantitative estimate of drug-likeness (QED) is 0.884. The topological polar surface area (TPSA) is 83.5 Å². The number of carbonyl (C=O) groups is 1. The molecule has 0 saturated carbocycles. The fourth-order valence-electron chi connectivity index (χ4n) is 1.74. The summed E-state index contributed by atoms with van der Waals surface area (Å²) < 4.78 is 26.5. The van der Waals surface area contributed by atoms with E-state index in [1.54, 1.807) is 18.2 Å². The highest BCUT2D eigenvalue weighted by atomic mass is 35.5. The zero-order valence-corrected chi connectivity index (χ0v) is 12.3. The van der Waals surface area contributed by atoms with Crippen molar-refractivity contribution in [3.8, 4) is 0 Å². The molecule has 0 aliphatic heterocycles. The van der Waals surface area contributed by atoms with Gasteiger partial charge in [0.2, 0.25) is 10.0 Å². The predicted octanol–water partition coefficient (Wildman–Crippen LogP) is 2.44. The Bertz CT molecular complexity index is 729. The molecule has 0 bridgehead atoms. The van der Waals surface area contributed by atoms with Crippen molar-refractivity contribution in [1.82, 2.24) is 4.72 Å². The van der Waals surface area contributed by atoms with Gasteiger partial charge in [0.25, 0.3) is 0 Å². The molecule has 1 atom stereocenters. The number of carboxylic acid groups (broad SMARTS) is 1. The van der Waals surface area contributed by atoms with E-state index in [1.807, 2.05) is 0 Å². The molecule has 0 aliphatic rings. The third-order valence-corrected chi connectivity index (χ3v) is 4.47. The maximum atomic E-state index is 12.2. The van der Waals surface area contributed by atoms with Crippen LogP contribution in [0, 0.1) is 0 Å². The van der Waals surface area contributed by atoms with Gasteiger partial charge in [-0.1, -0.05) is 41.9 Å². The lowest BCUT2D eigenvalue weighted by Crippen LogP contribution is -2.33. The molecule has 7 heteroatoms. The Kier molecular flexibility index (Phi) is 4.62. The highest BCUT2D eigenvalue weighted by Gasteiger charge is 2.26. The molecule has 5 nitrogen and oxygen atoms in total. The van der Waals surface area contributed by atoms with Gasteiger partial charge in [0.1, 0.15) is 6.04 Å². The SMILES string of the molecule is O=C(O)[C@@H](NS(=O)(=O)c1ccccc1)c1ccc(Cl)cc1. The fourth-order valence-corrected chi connectivity index (χ4v) is 3.06. The Balaban J connectivity index is 2.33. The normalized spacial score (nSPS) is 12.8. The third kappa shape index (κ3) is 3.81. The number of carboxylic acids is 1. The van der Waals surface area contributed by atoms with Crippen LogP contribution in [0.4, 0.5) is 0 Å². The first-order chi connectivity index (χ1) is 9.90. The Labute approximate surface area is 127 Å². The Morgan fingerprint density at radius 1 is 1.05 bits per heavy atom. The average molecular weight is 326 g/mol. The number of hydrogen-bond acceptors (Lipinski definition) is 3. The monoisotopic (exact) mass is 325 g/mol. The third-order valence-electron chi connectivity index (χ3n) is 2.78. The number of halogens is 1. The van der Waals surface area contributed by atoms with Crippen LogP contribution in [0.2, 0.25) is 5.02 Å². The van der Waals surface area contributed by atoms with Crippen LogP contribution in [0.3, 0.4) is 0 Å². The lowest BCUT2D eigenvalue weighted by Gasteiger charge is -2.15. The number of rotatable bonds is 5. The van der Waals surface area contributed by atoms with Crippen molar-refractivity contribution < 1.29 is 18.3 Å². The molecule has 2 aromatic carbocycles. The summed E-state index contributed by atoms with van der Waals surface area (Å²) >= 11 is 5.74. The van der Waals surface area contributed by atoms with Gasteiger partial charge >= 0.3 is 5.97 Å². The van der Waals surface area contributed by atoms with E-state index in [-0.39, 0.29) is 4.90 Å². The second-order valence-corrected chi connectivity index (χ2v) is 6.41. The van der Waals surface area contributed by atoms with E-state index in [4.69, 9.17) is 11.6 Å². The minimum atomic E-state index is -3.93. The molecule has 0 saturated heterocycles. The first-order valence-corrected chi connectivity index (χ1v) is 7.82. The summed E-state index contributed by atoms with van der Waals surface area (Å²) in [6, 6.07) is 12.1. The number of nitrogens with one attached hydrogen (secondary N) is 1. The van der Waals surface area contributed by atoms with E-state index in [9.17, 15) is 18.3 Å². The zero-order chi connectivity index (χ0) is 15.5. The highest BCUT2D eigenvalue weighted by molar-refractivity contribution is 7.89. The molecule has 0 unspecified atom stereocenters. The molecular weight excluding hydrogens is 314 g/mol. The van der Waals surface area contributed by atoms with E-state index in [2.05, 4.69) is 4.72 Å². The summed E-state index contributed by atoms with van der Waals surface area (Å²) in [7, 11) is -3.93. The van der Waals surface area contributed by atoms with Gasteiger partial charge < -0.3 is 5.11 Å². The van der Waals surface area contributed by atoms with Gasteiger partial charge in [0.15, 0.2) is 0 Å². The van der Waals surface area contributed by atoms with Gasteiger partial charge in [0, 0.05) is 5.02 Å². The molecule has 2 aromatic rings. The molecule has 0 aliphatic carbocycles. The van der Waals surface area contributed by atoms with Crippen LogP contribution in [0.5, 0.6) is 0 Å². The molecule has 0 radical (unpaired) electrons. The van der Waals surface area contributed by atoms with Crippen molar-refractivity contribution >= 4 is 27.6 Å². The van der Waals surface area contributed by atoms with Crippen LogP contribution in [0.1, 0.15) is 11.6 Å². The van der Waals surface area contributed by atoms with Gasteiger partial charge in [0.05, 0.1) is 4.90 Å². The van der Waals surface area contributed by atoms with Crippen molar-refractivity contribution in [3.63, 3.8) is 0 Å². The Morgan fingerprint density at radius 3 is 2.14 bits per heavy atom. The summed E-state index contributed by atoms with van der Waals surface area (Å²) in [6.07, 6.45) is 0. The van der Waals surface area contributed by atoms with Crippen LogP contribution >= 0.6 is 11.6 Å². The van der Waals surface area contributed by atoms with Crippen LogP contribution < -0.4 is 4.72 Å². The standard InChI is InChI=1S/C14H12ClNO4S/c15-11-8-6-10(7-9-11)13(14(17)18)16-21(19,20)12-4-2-1-3-5-12/h1-9,13,16H,(H,17,18)/t13-/m0/s1. The van der Waals surface area contributed by atoms with Gasteiger partial charge in [-0.15, -0.1) is 0 Å². The summed E-state index contributed by atoms with van der Waals surface area (Å²) in [6.45, 7) is 0. The maximum absolute atomic E-state index is 12.2. The van der Waals surface area contributed by atoms with Crippen LogP contribution in [-0.2, 0) is 14.8 Å². The smallest absolute Gasteiger partial charge is 0.326 e. The minimum absolute atomic E-state index is 0.00483. The Morgan fingerprint density at radius 2 is 1.62 bits per heavy atom. The van der Waals surface area contributed by atoms with Crippen molar-refractivity contribution in [1.29, 1.82) is 0 Å². The first kappa shape index (κ1) is 15.5. The number of benzene rings is 2. The van der Waals surface area contributed by atoms with Crippen molar-refractivity contribution in [2.75, 3.05) is 0 Å².